The van der Waals surface area contributed by atoms with Crippen molar-refractivity contribution in [3.63, 3.8) is 0 Å². The van der Waals surface area contributed by atoms with Gasteiger partial charge in [-0.15, -0.1) is 0 Å². The normalized spacial score (nSPS) is 20.0. The SMILES string of the molecule is O=c1[nH]c2c(cc1CNC1CCCC1)CCCC2. The van der Waals surface area contributed by atoms with E-state index in [4.69, 9.17) is 0 Å². The number of rotatable bonds is 3. The lowest BCUT2D eigenvalue weighted by Crippen LogP contribution is -2.29. The van der Waals surface area contributed by atoms with Gasteiger partial charge in [0.1, 0.15) is 0 Å². The first kappa shape index (κ1) is 12.0. The molecular formula is C15H22N2O. The van der Waals surface area contributed by atoms with Crippen LogP contribution in [0.5, 0.6) is 0 Å². The molecule has 98 valence electrons. The Kier molecular flexibility index (Phi) is 3.50. The van der Waals surface area contributed by atoms with Gasteiger partial charge in [0, 0.05) is 23.8 Å². The number of fused-ring (bicyclic) bond motifs is 1. The van der Waals surface area contributed by atoms with Gasteiger partial charge in [0.2, 0.25) is 0 Å². The third kappa shape index (κ3) is 2.51. The minimum absolute atomic E-state index is 0.112. The van der Waals surface area contributed by atoms with Crippen molar-refractivity contribution in [1.29, 1.82) is 0 Å². The van der Waals surface area contributed by atoms with Crippen LogP contribution in [0.15, 0.2) is 10.9 Å². The topological polar surface area (TPSA) is 44.9 Å². The van der Waals surface area contributed by atoms with Crippen molar-refractivity contribution in [3.05, 3.63) is 33.2 Å². The quantitative estimate of drug-likeness (QED) is 0.859. The lowest BCUT2D eigenvalue weighted by molar-refractivity contribution is 0.521. The molecule has 0 aliphatic heterocycles. The lowest BCUT2D eigenvalue weighted by atomic mass is 9.95. The highest BCUT2D eigenvalue weighted by Crippen LogP contribution is 2.20. The summed E-state index contributed by atoms with van der Waals surface area (Å²) in [5, 5.41) is 3.53. The standard InChI is InChI=1S/C15H22N2O/c18-15-12(10-16-13-6-2-3-7-13)9-11-5-1-4-8-14(11)17-15/h9,13,16H,1-8,10H2,(H,17,18). The molecule has 0 radical (unpaired) electrons. The molecule has 2 aliphatic carbocycles. The van der Waals surface area contributed by atoms with Crippen LogP contribution < -0.4 is 10.9 Å². The van der Waals surface area contributed by atoms with Crippen molar-refractivity contribution >= 4 is 0 Å². The summed E-state index contributed by atoms with van der Waals surface area (Å²) in [5.74, 6) is 0. The first-order valence-electron chi connectivity index (χ1n) is 7.30. The van der Waals surface area contributed by atoms with Crippen molar-refractivity contribution in [2.24, 2.45) is 0 Å². The number of nitrogens with one attached hydrogen (secondary N) is 2. The van der Waals surface area contributed by atoms with Gasteiger partial charge >= 0.3 is 0 Å². The first-order chi connectivity index (χ1) is 8.83. The largest absolute Gasteiger partial charge is 0.326 e. The third-order valence-electron chi connectivity index (χ3n) is 4.35. The summed E-state index contributed by atoms with van der Waals surface area (Å²) in [5.41, 5.74) is 3.57. The van der Waals surface area contributed by atoms with Crippen LogP contribution in [0.2, 0.25) is 0 Å². The highest BCUT2D eigenvalue weighted by atomic mass is 16.1. The summed E-state index contributed by atoms with van der Waals surface area (Å²) in [6.07, 6.45) is 9.84. The van der Waals surface area contributed by atoms with Gasteiger partial charge in [-0.25, -0.2) is 0 Å². The van der Waals surface area contributed by atoms with Crippen molar-refractivity contribution in [3.8, 4) is 0 Å². The predicted octanol–water partition coefficient (Wildman–Crippen LogP) is 2.29. The van der Waals surface area contributed by atoms with Gasteiger partial charge in [-0.05, 0) is 50.2 Å². The summed E-state index contributed by atoms with van der Waals surface area (Å²) in [7, 11) is 0. The number of aromatic amines is 1. The zero-order chi connectivity index (χ0) is 12.4. The molecule has 0 aromatic carbocycles. The molecular weight excluding hydrogens is 224 g/mol. The predicted molar refractivity (Wildman–Crippen MR) is 72.8 cm³/mol. The Bertz CT molecular complexity index is 472. The Labute approximate surface area is 108 Å². The number of hydrogen-bond acceptors (Lipinski definition) is 2. The van der Waals surface area contributed by atoms with Gasteiger partial charge < -0.3 is 10.3 Å². The molecule has 0 atom stereocenters. The zero-order valence-electron chi connectivity index (χ0n) is 10.9. The number of pyridine rings is 1. The molecule has 1 saturated carbocycles. The van der Waals surface area contributed by atoms with Crippen LogP contribution in [0, 0.1) is 0 Å². The van der Waals surface area contributed by atoms with Crippen LogP contribution in [-0.2, 0) is 19.4 Å². The number of aromatic nitrogens is 1. The van der Waals surface area contributed by atoms with Crippen LogP contribution in [0.3, 0.4) is 0 Å². The average molecular weight is 246 g/mol. The molecule has 1 fully saturated rings. The number of hydrogen-bond donors (Lipinski definition) is 2. The van der Waals surface area contributed by atoms with Crippen LogP contribution >= 0.6 is 0 Å². The summed E-state index contributed by atoms with van der Waals surface area (Å²) < 4.78 is 0. The van der Waals surface area contributed by atoms with Crippen LogP contribution in [0.4, 0.5) is 0 Å². The highest BCUT2D eigenvalue weighted by Gasteiger charge is 2.16. The van der Waals surface area contributed by atoms with Crippen molar-refractivity contribution in [1.82, 2.24) is 10.3 Å². The summed E-state index contributed by atoms with van der Waals surface area (Å²) in [4.78, 5) is 15.1. The van der Waals surface area contributed by atoms with E-state index in [2.05, 4.69) is 16.4 Å². The molecule has 2 N–H and O–H groups in total. The van der Waals surface area contributed by atoms with Gasteiger partial charge in [-0.3, -0.25) is 4.79 Å². The summed E-state index contributed by atoms with van der Waals surface area (Å²) in [6, 6.07) is 2.76. The molecule has 0 unspecified atom stereocenters. The number of aryl methyl sites for hydroxylation is 2. The second-order valence-electron chi connectivity index (χ2n) is 5.70. The van der Waals surface area contributed by atoms with E-state index >= 15 is 0 Å². The van der Waals surface area contributed by atoms with Gasteiger partial charge in [-0.1, -0.05) is 12.8 Å². The van der Waals surface area contributed by atoms with E-state index in [0.29, 0.717) is 6.04 Å². The van der Waals surface area contributed by atoms with Gasteiger partial charge in [-0.2, -0.15) is 0 Å². The van der Waals surface area contributed by atoms with E-state index in [-0.39, 0.29) is 5.56 Å². The molecule has 1 aromatic heterocycles. The molecule has 1 aromatic rings. The molecule has 0 bridgehead atoms. The molecule has 3 rings (SSSR count). The Balaban J connectivity index is 1.72. The van der Waals surface area contributed by atoms with Crippen LogP contribution in [0.1, 0.15) is 55.3 Å². The van der Waals surface area contributed by atoms with Gasteiger partial charge in [0.15, 0.2) is 0 Å². The highest BCUT2D eigenvalue weighted by molar-refractivity contribution is 5.27. The summed E-state index contributed by atoms with van der Waals surface area (Å²) in [6.45, 7) is 0.729. The molecule has 1 heterocycles. The van der Waals surface area contributed by atoms with Gasteiger partial charge in [0.25, 0.3) is 5.56 Å². The van der Waals surface area contributed by atoms with E-state index in [9.17, 15) is 4.79 Å². The fraction of sp³-hybridized carbons (Fsp3) is 0.667. The Morgan fingerprint density at radius 3 is 2.78 bits per heavy atom. The smallest absolute Gasteiger partial charge is 0.252 e. The maximum Gasteiger partial charge on any atom is 0.252 e. The minimum Gasteiger partial charge on any atom is -0.326 e. The molecule has 3 heteroatoms. The van der Waals surface area contributed by atoms with E-state index in [1.165, 1.54) is 49.8 Å². The first-order valence-corrected chi connectivity index (χ1v) is 7.30. The van der Waals surface area contributed by atoms with Crippen molar-refractivity contribution in [2.75, 3.05) is 0 Å². The monoisotopic (exact) mass is 246 g/mol. The fourth-order valence-corrected chi connectivity index (χ4v) is 3.24. The van der Waals surface area contributed by atoms with Crippen molar-refractivity contribution in [2.45, 2.75) is 64.0 Å². The minimum atomic E-state index is 0.112. The van der Waals surface area contributed by atoms with Crippen LogP contribution in [0.25, 0.3) is 0 Å². The zero-order valence-corrected chi connectivity index (χ0v) is 10.9. The maximum absolute atomic E-state index is 12.0. The van der Waals surface area contributed by atoms with Crippen LogP contribution in [-0.4, -0.2) is 11.0 Å². The number of H-pyrrole nitrogens is 1. The van der Waals surface area contributed by atoms with E-state index in [1.807, 2.05) is 0 Å². The van der Waals surface area contributed by atoms with E-state index in [0.717, 1.165) is 24.9 Å². The Morgan fingerprint density at radius 1 is 1.17 bits per heavy atom. The molecule has 0 amide bonds. The maximum atomic E-state index is 12.0. The fourth-order valence-electron chi connectivity index (χ4n) is 3.24. The van der Waals surface area contributed by atoms with Gasteiger partial charge in [0.05, 0.1) is 0 Å². The lowest BCUT2D eigenvalue weighted by Gasteiger charge is -2.17. The molecule has 18 heavy (non-hydrogen) atoms. The molecule has 3 nitrogen and oxygen atoms in total. The molecule has 2 aliphatic rings. The third-order valence-corrected chi connectivity index (χ3v) is 4.35. The molecule has 0 spiro atoms. The molecule has 0 saturated heterocycles. The van der Waals surface area contributed by atoms with E-state index < -0.39 is 0 Å². The Hall–Kier alpha value is -1.09. The average Bonchev–Trinajstić information content (AvgIpc) is 2.89. The second kappa shape index (κ2) is 5.27. The van der Waals surface area contributed by atoms with Crippen molar-refractivity contribution < 1.29 is 0 Å². The van der Waals surface area contributed by atoms with E-state index in [1.54, 1.807) is 0 Å². The summed E-state index contributed by atoms with van der Waals surface area (Å²) >= 11 is 0. The second-order valence-corrected chi connectivity index (χ2v) is 5.70. The Morgan fingerprint density at radius 2 is 1.94 bits per heavy atom.